The number of anilines is 1. The van der Waals surface area contributed by atoms with Gasteiger partial charge in [0.1, 0.15) is 5.69 Å². The molecule has 0 atom stereocenters. The van der Waals surface area contributed by atoms with Crippen molar-refractivity contribution in [1.82, 2.24) is 20.3 Å². The summed E-state index contributed by atoms with van der Waals surface area (Å²) in [7, 11) is 0. The van der Waals surface area contributed by atoms with Crippen LogP contribution in [0.3, 0.4) is 0 Å². The SMILES string of the molecule is O=C(CCNC(=O)c1cnccn1)Nc1ccc2[nH]ccc2c1. The Morgan fingerprint density at radius 1 is 1.17 bits per heavy atom. The van der Waals surface area contributed by atoms with E-state index in [4.69, 9.17) is 0 Å². The van der Waals surface area contributed by atoms with Gasteiger partial charge >= 0.3 is 0 Å². The van der Waals surface area contributed by atoms with E-state index in [1.807, 2.05) is 30.5 Å². The maximum absolute atomic E-state index is 11.9. The van der Waals surface area contributed by atoms with Gasteiger partial charge in [0.05, 0.1) is 6.20 Å². The maximum Gasteiger partial charge on any atom is 0.271 e. The summed E-state index contributed by atoms with van der Waals surface area (Å²) in [4.78, 5) is 34.5. The molecule has 7 heteroatoms. The number of amides is 2. The average Bonchev–Trinajstić information content (AvgIpc) is 3.03. The zero-order chi connectivity index (χ0) is 16.1. The zero-order valence-electron chi connectivity index (χ0n) is 12.2. The fraction of sp³-hybridized carbons (Fsp3) is 0.125. The van der Waals surface area contributed by atoms with Gasteiger partial charge < -0.3 is 15.6 Å². The highest BCUT2D eigenvalue weighted by Gasteiger charge is 2.08. The molecule has 1 aromatic carbocycles. The normalized spacial score (nSPS) is 10.4. The number of carbonyl (C=O) groups excluding carboxylic acids is 2. The third-order valence-corrected chi connectivity index (χ3v) is 3.27. The predicted molar refractivity (Wildman–Crippen MR) is 85.9 cm³/mol. The summed E-state index contributed by atoms with van der Waals surface area (Å²) < 4.78 is 0. The van der Waals surface area contributed by atoms with Crippen LogP contribution in [-0.2, 0) is 4.79 Å². The number of hydrogen-bond donors (Lipinski definition) is 3. The Kier molecular flexibility index (Phi) is 4.28. The molecule has 0 aliphatic rings. The Morgan fingerprint density at radius 3 is 2.91 bits per heavy atom. The number of nitrogens with one attached hydrogen (secondary N) is 3. The fourth-order valence-electron chi connectivity index (χ4n) is 2.15. The highest BCUT2D eigenvalue weighted by atomic mass is 16.2. The number of aromatic nitrogens is 3. The molecule has 3 N–H and O–H groups in total. The van der Waals surface area contributed by atoms with Gasteiger partial charge in [-0.2, -0.15) is 0 Å². The standard InChI is InChI=1S/C16H15N5O2/c22-15(4-6-20-16(23)14-10-17-7-8-19-14)21-12-1-2-13-11(9-12)3-5-18-13/h1-3,5,7-10,18H,4,6H2,(H,20,23)(H,21,22). The van der Waals surface area contributed by atoms with Gasteiger partial charge in [-0.05, 0) is 24.3 Å². The minimum Gasteiger partial charge on any atom is -0.361 e. The number of H-pyrrole nitrogens is 1. The van der Waals surface area contributed by atoms with Crippen LogP contribution >= 0.6 is 0 Å². The summed E-state index contributed by atoms with van der Waals surface area (Å²) >= 11 is 0. The second-order valence-electron chi connectivity index (χ2n) is 4.92. The third kappa shape index (κ3) is 3.70. The van der Waals surface area contributed by atoms with Crippen molar-refractivity contribution in [2.45, 2.75) is 6.42 Å². The van der Waals surface area contributed by atoms with E-state index in [9.17, 15) is 9.59 Å². The minimum atomic E-state index is -0.348. The molecule has 116 valence electrons. The van der Waals surface area contributed by atoms with Gasteiger partial charge in [0.25, 0.3) is 5.91 Å². The van der Waals surface area contributed by atoms with Gasteiger partial charge in [-0.3, -0.25) is 14.6 Å². The van der Waals surface area contributed by atoms with Gasteiger partial charge in [-0.15, -0.1) is 0 Å². The van der Waals surface area contributed by atoms with Gasteiger partial charge in [0, 0.05) is 48.1 Å². The average molecular weight is 309 g/mol. The highest BCUT2D eigenvalue weighted by Crippen LogP contribution is 2.17. The van der Waals surface area contributed by atoms with E-state index < -0.39 is 0 Å². The van der Waals surface area contributed by atoms with E-state index in [-0.39, 0.29) is 30.5 Å². The first-order valence-electron chi connectivity index (χ1n) is 7.13. The highest BCUT2D eigenvalue weighted by molar-refractivity contribution is 5.95. The van der Waals surface area contributed by atoms with Crippen LogP contribution in [0, 0.1) is 0 Å². The zero-order valence-corrected chi connectivity index (χ0v) is 12.2. The Morgan fingerprint density at radius 2 is 2.09 bits per heavy atom. The summed E-state index contributed by atoms with van der Waals surface area (Å²) in [6.45, 7) is 0.230. The molecule has 2 heterocycles. The van der Waals surface area contributed by atoms with E-state index in [1.165, 1.54) is 18.6 Å². The molecular weight excluding hydrogens is 294 g/mol. The molecule has 0 spiro atoms. The van der Waals surface area contributed by atoms with Crippen molar-refractivity contribution in [3.05, 3.63) is 54.7 Å². The largest absolute Gasteiger partial charge is 0.361 e. The van der Waals surface area contributed by atoms with Crippen molar-refractivity contribution in [3.8, 4) is 0 Å². The second-order valence-corrected chi connectivity index (χ2v) is 4.92. The van der Waals surface area contributed by atoms with Crippen LogP contribution in [0.5, 0.6) is 0 Å². The van der Waals surface area contributed by atoms with E-state index in [0.29, 0.717) is 0 Å². The molecule has 0 aliphatic carbocycles. The van der Waals surface area contributed by atoms with Gasteiger partial charge in [0.2, 0.25) is 5.91 Å². The molecule has 0 unspecified atom stereocenters. The molecular formula is C16H15N5O2. The first-order chi connectivity index (χ1) is 11.2. The van der Waals surface area contributed by atoms with E-state index in [1.54, 1.807) is 0 Å². The molecule has 0 saturated carbocycles. The minimum absolute atomic E-state index is 0.167. The molecule has 3 rings (SSSR count). The van der Waals surface area contributed by atoms with Crippen molar-refractivity contribution in [3.63, 3.8) is 0 Å². The molecule has 7 nitrogen and oxygen atoms in total. The summed E-state index contributed by atoms with van der Waals surface area (Å²) in [5.74, 6) is -0.515. The lowest BCUT2D eigenvalue weighted by molar-refractivity contribution is -0.116. The number of rotatable bonds is 5. The number of hydrogen-bond acceptors (Lipinski definition) is 4. The van der Waals surface area contributed by atoms with E-state index >= 15 is 0 Å². The number of benzene rings is 1. The summed E-state index contributed by atoms with van der Waals surface area (Å²) in [5.41, 5.74) is 1.97. The Labute approximate surface area is 132 Å². The molecule has 0 aliphatic heterocycles. The van der Waals surface area contributed by atoms with Crippen LogP contribution < -0.4 is 10.6 Å². The van der Waals surface area contributed by atoms with Crippen LogP contribution in [-0.4, -0.2) is 33.3 Å². The number of carbonyl (C=O) groups is 2. The lowest BCUT2D eigenvalue weighted by atomic mass is 10.2. The quantitative estimate of drug-likeness (QED) is 0.668. The van der Waals surface area contributed by atoms with E-state index in [0.717, 1.165) is 16.6 Å². The van der Waals surface area contributed by atoms with Crippen LogP contribution in [0.1, 0.15) is 16.9 Å². The van der Waals surface area contributed by atoms with Crippen molar-refractivity contribution < 1.29 is 9.59 Å². The summed E-state index contributed by atoms with van der Waals surface area (Å²) in [6.07, 6.45) is 6.33. The lowest BCUT2D eigenvalue weighted by Crippen LogP contribution is -2.28. The molecule has 0 bridgehead atoms. The number of nitrogens with zero attached hydrogens (tertiary/aromatic N) is 2. The van der Waals surface area contributed by atoms with Crippen molar-refractivity contribution in [1.29, 1.82) is 0 Å². The van der Waals surface area contributed by atoms with Gasteiger partial charge in [-0.25, -0.2) is 4.98 Å². The van der Waals surface area contributed by atoms with Gasteiger partial charge in [-0.1, -0.05) is 0 Å². The van der Waals surface area contributed by atoms with Crippen LogP contribution in [0.15, 0.2) is 49.1 Å². The number of aromatic amines is 1. The van der Waals surface area contributed by atoms with E-state index in [2.05, 4.69) is 25.6 Å². The topological polar surface area (TPSA) is 99.8 Å². The van der Waals surface area contributed by atoms with Crippen molar-refractivity contribution in [2.75, 3.05) is 11.9 Å². The molecule has 2 amide bonds. The summed E-state index contributed by atoms with van der Waals surface area (Å²) in [5, 5.41) is 6.47. The van der Waals surface area contributed by atoms with Crippen LogP contribution in [0.4, 0.5) is 5.69 Å². The molecule has 0 radical (unpaired) electrons. The third-order valence-electron chi connectivity index (χ3n) is 3.27. The van der Waals surface area contributed by atoms with Crippen LogP contribution in [0.2, 0.25) is 0 Å². The maximum atomic E-state index is 11.9. The molecule has 3 aromatic rings. The Hall–Kier alpha value is -3.22. The van der Waals surface area contributed by atoms with Crippen molar-refractivity contribution in [2.24, 2.45) is 0 Å². The Bertz CT molecular complexity index is 829. The van der Waals surface area contributed by atoms with Crippen LogP contribution in [0.25, 0.3) is 10.9 Å². The molecule has 0 saturated heterocycles. The molecule has 23 heavy (non-hydrogen) atoms. The predicted octanol–water partition coefficient (Wildman–Crippen LogP) is 1.72. The smallest absolute Gasteiger partial charge is 0.271 e. The van der Waals surface area contributed by atoms with Crippen molar-refractivity contribution >= 4 is 28.4 Å². The fourth-order valence-corrected chi connectivity index (χ4v) is 2.15. The monoisotopic (exact) mass is 309 g/mol. The Balaban J connectivity index is 1.48. The number of fused-ring (bicyclic) bond motifs is 1. The molecule has 2 aromatic heterocycles. The first kappa shape index (κ1) is 14.7. The first-order valence-corrected chi connectivity index (χ1v) is 7.13. The molecule has 0 fully saturated rings. The summed E-state index contributed by atoms with van der Waals surface area (Å²) in [6, 6.07) is 7.56. The van der Waals surface area contributed by atoms with Gasteiger partial charge in [0.15, 0.2) is 0 Å². The second kappa shape index (κ2) is 6.69. The lowest BCUT2D eigenvalue weighted by Gasteiger charge is -2.06.